The summed E-state index contributed by atoms with van der Waals surface area (Å²) < 4.78 is 0.457. The van der Waals surface area contributed by atoms with Crippen molar-refractivity contribution in [2.75, 3.05) is 0 Å². The van der Waals surface area contributed by atoms with Crippen molar-refractivity contribution >= 4 is 38.5 Å². The van der Waals surface area contributed by atoms with Crippen LogP contribution in [0.1, 0.15) is 15.9 Å². The van der Waals surface area contributed by atoms with Gasteiger partial charge in [0.25, 0.3) is 10.9 Å². The molecule has 0 bridgehead atoms. The Balaban J connectivity index is 3.47. The van der Waals surface area contributed by atoms with Gasteiger partial charge < -0.3 is 0 Å². The first-order chi connectivity index (χ1) is 6.43. The third kappa shape index (κ3) is 2.10. The first-order valence-corrected chi connectivity index (χ1v) is 4.75. The highest BCUT2D eigenvalue weighted by Crippen LogP contribution is 2.27. The van der Waals surface area contributed by atoms with Crippen LogP contribution in [0, 0.1) is 17.0 Å². The van der Waals surface area contributed by atoms with E-state index in [0.29, 0.717) is 4.47 Å². The molecule has 14 heavy (non-hydrogen) atoms. The smallest absolute Gasteiger partial charge is 0.274 e. The van der Waals surface area contributed by atoms with Gasteiger partial charge in [-0.3, -0.25) is 14.9 Å². The van der Waals surface area contributed by atoms with Crippen molar-refractivity contribution in [2.24, 2.45) is 0 Å². The highest BCUT2D eigenvalue weighted by atomic mass is 79.9. The van der Waals surface area contributed by atoms with Crippen LogP contribution in [0.3, 0.4) is 0 Å². The monoisotopic (exact) mass is 277 g/mol. The van der Waals surface area contributed by atoms with Gasteiger partial charge in [0.15, 0.2) is 0 Å². The van der Waals surface area contributed by atoms with E-state index >= 15 is 0 Å². The van der Waals surface area contributed by atoms with Gasteiger partial charge in [-0.1, -0.05) is 15.9 Å². The Kier molecular flexibility index (Phi) is 3.23. The molecule has 0 saturated heterocycles. The average Bonchev–Trinajstić information content (AvgIpc) is 2.07. The number of carbonyl (C=O) groups excluding carboxylic acids is 1. The van der Waals surface area contributed by atoms with Crippen LogP contribution in [0.4, 0.5) is 5.69 Å². The fourth-order valence-corrected chi connectivity index (χ4v) is 1.70. The molecule has 0 aromatic heterocycles. The molecule has 0 amide bonds. The number of nitrogens with zero attached hydrogens (tertiary/aromatic N) is 1. The summed E-state index contributed by atoms with van der Waals surface area (Å²) in [6, 6.07) is 2.79. The van der Waals surface area contributed by atoms with Crippen molar-refractivity contribution in [2.45, 2.75) is 6.92 Å². The zero-order valence-electron chi connectivity index (χ0n) is 7.08. The van der Waals surface area contributed by atoms with Crippen molar-refractivity contribution < 1.29 is 9.72 Å². The molecule has 0 radical (unpaired) electrons. The van der Waals surface area contributed by atoms with Gasteiger partial charge in [-0.25, -0.2) is 0 Å². The fourth-order valence-electron chi connectivity index (χ4n) is 1.06. The van der Waals surface area contributed by atoms with Gasteiger partial charge in [-0.2, -0.15) is 0 Å². The molecule has 0 saturated carbocycles. The van der Waals surface area contributed by atoms with E-state index in [4.69, 9.17) is 11.6 Å². The third-order valence-corrected chi connectivity index (χ3v) is 2.41. The molecule has 0 heterocycles. The molecule has 1 aromatic rings. The Morgan fingerprint density at radius 2 is 2.14 bits per heavy atom. The largest absolute Gasteiger partial charge is 0.276 e. The summed E-state index contributed by atoms with van der Waals surface area (Å²) in [6.45, 7) is 1.49. The van der Waals surface area contributed by atoms with Gasteiger partial charge in [0.1, 0.15) is 0 Å². The minimum atomic E-state index is -0.702. The first-order valence-electron chi connectivity index (χ1n) is 3.58. The van der Waals surface area contributed by atoms with E-state index in [9.17, 15) is 14.9 Å². The molecule has 0 fully saturated rings. The Hall–Kier alpha value is -0.940. The Morgan fingerprint density at radius 1 is 1.57 bits per heavy atom. The van der Waals surface area contributed by atoms with Gasteiger partial charge in [0.05, 0.1) is 4.92 Å². The molecular formula is C8H5BrClNO3. The van der Waals surface area contributed by atoms with Crippen LogP contribution in [-0.2, 0) is 0 Å². The summed E-state index contributed by atoms with van der Waals surface area (Å²) in [5.41, 5.74) is 0.300. The second-order valence-corrected chi connectivity index (χ2v) is 3.89. The van der Waals surface area contributed by atoms with Crippen LogP contribution < -0.4 is 0 Å². The lowest BCUT2D eigenvalue weighted by Gasteiger charge is -2.02. The number of hydrogen-bond acceptors (Lipinski definition) is 3. The lowest BCUT2D eigenvalue weighted by Crippen LogP contribution is -1.99. The topological polar surface area (TPSA) is 60.2 Å². The van der Waals surface area contributed by atoms with Crippen LogP contribution in [0.25, 0.3) is 0 Å². The normalized spacial score (nSPS) is 9.93. The predicted molar refractivity (Wildman–Crippen MR) is 55.7 cm³/mol. The second kappa shape index (κ2) is 4.06. The quantitative estimate of drug-likeness (QED) is 0.474. The minimum absolute atomic E-state index is 0.122. The standard InChI is InChI=1S/C8H5BrClNO3/c1-4-6(8(10)12)2-5(9)3-7(4)11(13)14/h2-3H,1H3. The van der Waals surface area contributed by atoms with E-state index in [1.54, 1.807) is 0 Å². The van der Waals surface area contributed by atoms with Gasteiger partial charge in [0.2, 0.25) is 0 Å². The van der Waals surface area contributed by atoms with Crippen molar-refractivity contribution in [3.05, 3.63) is 37.8 Å². The molecule has 0 unspecified atom stereocenters. The van der Waals surface area contributed by atoms with Crippen molar-refractivity contribution in [3.63, 3.8) is 0 Å². The zero-order valence-corrected chi connectivity index (χ0v) is 9.42. The fraction of sp³-hybridized carbons (Fsp3) is 0.125. The Morgan fingerprint density at radius 3 is 2.57 bits per heavy atom. The molecule has 0 atom stereocenters. The van der Waals surface area contributed by atoms with E-state index in [2.05, 4.69) is 15.9 Å². The molecule has 6 heteroatoms. The lowest BCUT2D eigenvalue weighted by molar-refractivity contribution is -0.385. The number of nitro groups is 1. The van der Waals surface area contributed by atoms with Crippen molar-refractivity contribution in [3.8, 4) is 0 Å². The molecule has 1 aromatic carbocycles. The maximum atomic E-state index is 10.9. The van der Waals surface area contributed by atoms with Crippen LogP contribution in [-0.4, -0.2) is 10.2 Å². The van der Waals surface area contributed by atoms with E-state index in [1.165, 1.54) is 19.1 Å². The SMILES string of the molecule is Cc1c(C(=O)Cl)cc(Br)cc1[N+](=O)[O-]. The number of rotatable bonds is 2. The predicted octanol–water partition coefficient (Wildman–Crippen LogP) is 3.04. The summed E-state index contributed by atoms with van der Waals surface area (Å²) in [7, 11) is 0. The van der Waals surface area contributed by atoms with Gasteiger partial charge in [0, 0.05) is 21.7 Å². The summed E-state index contributed by atoms with van der Waals surface area (Å²) in [6.07, 6.45) is 0. The molecule has 74 valence electrons. The molecular weight excluding hydrogens is 273 g/mol. The first kappa shape index (κ1) is 11.1. The van der Waals surface area contributed by atoms with Gasteiger partial charge in [-0.15, -0.1) is 0 Å². The van der Waals surface area contributed by atoms with E-state index in [1.807, 2.05) is 0 Å². The molecule has 0 aliphatic carbocycles. The third-order valence-electron chi connectivity index (χ3n) is 1.75. The number of halogens is 2. The maximum Gasteiger partial charge on any atom is 0.274 e. The molecule has 0 aliphatic rings. The zero-order chi connectivity index (χ0) is 10.9. The van der Waals surface area contributed by atoms with Gasteiger partial charge >= 0.3 is 0 Å². The average molecular weight is 278 g/mol. The molecule has 1 rings (SSSR count). The summed E-state index contributed by atoms with van der Waals surface area (Å²) in [5.74, 6) is 0. The van der Waals surface area contributed by atoms with Crippen LogP contribution in [0.5, 0.6) is 0 Å². The van der Waals surface area contributed by atoms with E-state index in [-0.39, 0.29) is 16.8 Å². The van der Waals surface area contributed by atoms with E-state index in [0.717, 1.165) is 0 Å². The number of benzene rings is 1. The Bertz CT molecular complexity index is 384. The number of nitro benzene ring substituents is 1. The minimum Gasteiger partial charge on any atom is -0.276 e. The lowest BCUT2D eigenvalue weighted by atomic mass is 10.1. The molecule has 0 aliphatic heterocycles. The summed E-state index contributed by atoms with van der Waals surface area (Å²) >= 11 is 8.34. The van der Waals surface area contributed by atoms with Crippen LogP contribution in [0.15, 0.2) is 16.6 Å². The maximum absolute atomic E-state index is 10.9. The van der Waals surface area contributed by atoms with Crippen LogP contribution >= 0.6 is 27.5 Å². The van der Waals surface area contributed by atoms with Crippen molar-refractivity contribution in [1.82, 2.24) is 0 Å². The Labute approximate surface area is 93.1 Å². The highest BCUT2D eigenvalue weighted by molar-refractivity contribution is 9.10. The summed E-state index contributed by atoms with van der Waals surface area (Å²) in [5, 5.41) is 9.88. The number of hydrogen-bond donors (Lipinski definition) is 0. The number of carbonyl (C=O) groups is 1. The molecule has 0 N–H and O–H groups in total. The highest BCUT2D eigenvalue weighted by Gasteiger charge is 2.18. The van der Waals surface area contributed by atoms with Crippen molar-refractivity contribution in [1.29, 1.82) is 0 Å². The molecule has 0 spiro atoms. The van der Waals surface area contributed by atoms with E-state index < -0.39 is 10.2 Å². The van der Waals surface area contributed by atoms with Crippen LogP contribution in [0.2, 0.25) is 0 Å². The van der Waals surface area contributed by atoms with Gasteiger partial charge in [-0.05, 0) is 24.6 Å². The second-order valence-electron chi connectivity index (χ2n) is 2.63. The molecule has 4 nitrogen and oxygen atoms in total. The summed E-state index contributed by atoms with van der Waals surface area (Å²) in [4.78, 5) is 20.9.